The molecule has 1 heterocycles. The highest BCUT2D eigenvalue weighted by Gasteiger charge is 2.28. The number of carbonyl (C=O) groups is 3. The summed E-state index contributed by atoms with van der Waals surface area (Å²) in [4.78, 5) is 38.7. The first-order chi connectivity index (χ1) is 16.5. The first-order valence-corrected chi connectivity index (χ1v) is 11.1. The summed E-state index contributed by atoms with van der Waals surface area (Å²) in [5.41, 5.74) is 5.10. The number of nitrogens with one attached hydrogen (secondary N) is 3. The van der Waals surface area contributed by atoms with Crippen molar-refractivity contribution in [3.05, 3.63) is 90.0 Å². The molecule has 3 aromatic rings. The van der Waals surface area contributed by atoms with E-state index in [1.165, 1.54) is 4.90 Å². The van der Waals surface area contributed by atoms with Crippen molar-refractivity contribution in [1.82, 2.24) is 5.32 Å². The van der Waals surface area contributed by atoms with E-state index in [4.69, 9.17) is 0 Å². The summed E-state index contributed by atoms with van der Waals surface area (Å²) >= 11 is 0. The Labute approximate surface area is 198 Å². The van der Waals surface area contributed by atoms with E-state index in [0.717, 1.165) is 22.5 Å². The van der Waals surface area contributed by atoms with Gasteiger partial charge in [0.25, 0.3) is 5.91 Å². The highest BCUT2D eigenvalue weighted by atomic mass is 16.2. The molecule has 4 rings (SSSR count). The molecular formula is C27H26N4O3. The predicted octanol–water partition coefficient (Wildman–Crippen LogP) is 4.11. The second-order valence-corrected chi connectivity index (χ2v) is 7.79. The Balaban J connectivity index is 1.71. The van der Waals surface area contributed by atoms with Crippen LogP contribution in [0.4, 0.5) is 17.1 Å². The molecule has 1 aliphatic heterocycles. The van der Waals surface area contributed by atoms with Crippen molar-refractivity contribution in [3.63, 3.8) is 0 Å². The minimum Gasteiger partial charge on any atom is -0.358 e. The molecule has 34 heavy (non-hydrogen) atoms. The summed E-state index contributed by atoms with van der Waals surface area (Å²) < 4.78 is 0. The SMILES string of the molecule is CCC(=O)N(CC(=O)NC)c1ccc(NC(=C2C(=O)Nc3ccccc32)c2ccccc2)cc1. The molecule has 0 unspecified atom stereocenters. The lowest BCUT2D eigenvalue weighted by Crippen LogP contribution is -2.39. The molecular weight excluding hydrogens is 428 g/mol. The van der Waals surface area contributed by atoms with Gasteiger partial charge >= 0.3 is 0 Å². The number of benzene rings is 3. The number of carbonyl (C=O) groups excluding carboxylic acids is 3. The van der Waals surface area contributed by atoms with Crippen LogP contribution < -0.4 is 20.9 Å². The molecule has 0 fully saturated rings. The fourth-order valence-corrected chi connectivity index (χ4v) is 3.86. The first-order valence-electron chi connectivity index (χ1n) is 11.1. The van der Waals surface area contributed by atoms with Crippen LogP contribution in [0.25, 0.3) is 11.3 Å². The summed E-state index contributed by atoms with van der Waals surface area (Å²) in [7, 11) is 1.54. The molecule has 0 bridgehead atoms. The summed E-state index contributed by atoms with van der Waals surface area (Å²) in [6.45, 7) is 1.71. The second kappa shape index (κ2) is 10.0. The molecule has 3 N–H and O–H groups in total. The van der Waals surface area contributed by atoms with E-state index in [9.17, 15) is 14.4 Å². The summed E-state index contributed by atoms with van der Waals surface area (Å²) in [6, 6.07) is 24.5. The van der Waals surface area contributed by atoms with Crippen LogP contribution in [0.3, 0.4) is 0 Å². The zero-order valence-corrected chi connectivity index (χ0v) is 19.1. The molecule has 7 heteroatoms. The van der Waals surface area contributed by atoms with Gasteiger partial charge < -0.3 is 20.9 Å². The lowest BCUT2D eigenvalue weighted by molar-refractivity contribution is -0.123. The highest BCUT2D eigenvalue weighted by Crippen LogP contribution is 2.37. The molecule has 3 aromatic carbocycles. The van der Waals surface area contributed by atoms with Gasteiger partial charge in [0.2, 0.25) is 11.8 Å². The topological polar surface area (TPSA) is 90.5 Å². The Morgan fingerprint density at radius 2 is 1.59 bits per heavy atom. The molecule has 0 atom stereocenters. The molecule has 3 amide bonds. The normalized spacial score (nSPS) is 13.5. The number of nitrogens with zero attached hydrogens (tertiary/aromatic N) is 1. The van der Waals surface area contributed by atoms with Crippen LogP contribution in [0.1, 0.15) is 24.5 Å². The number of hydrogen-bond acceptors (Lipinski definition) is 4. The van der Waals surface area contributed by atoms with E-state index >= 15 is 0 Å². The zero-order valence-electron chi connectivity index (χ0n) is 19.1. The Morgan fingerprint density at radius 1 is 0.912 bits per heavy atom. The molecule has 0 saturated carbocycles. The van der Waals surface area contributed by atoms with Crippen LogP contribution in [0.15, 0.2) is 78.9 Å². The Kier molecular flexibility index (Phi) is 6.73. The Bertz CT molecular complexity index is 1250. The molecule has 0 spiro atoms. The van der Waals surface area contributed by atoms with Gasteiger partial charge in [-0.05, 0) is 35.9 Å². The standard InChI is InChI=1S/C27H26N4O3/c1-3-24(33)31(17-23(32)28-2)20-15-13-19(14-16-20)29-26(18-9-5-4-6-10-18)25-21-11-7-8-12-22(21)30-27(25)34/h4-16,29H,3,17H2,1-2H3,(H,28,32)(H,30,34). The average Bonchev–Trinajstić information content (AvgIpc) is 3.21. The fraction of sp³-hybridized carbons (Fsp3) is 0.148. The molecule has 0 saturated heterocycles. The molecule has 7 nitrogen and oxygen atoms in total. The third kappa shape index (κ3) is 4.68. The average molecular weight is 455 g/mol. The van der Waals surface area contributed by atoms with Gasteiger partial charge in [-0.3, -0.25) is 14.4 Å². The van der Waals surface area contributed by atoms with Crippen LogP contribution in [0.5, 0.6) is 0 Å². The monoisotopic (exact) mass is 454 g/mol. The molecule has 0 aliphatic carbocycles. The number of para-hydroxylation sites is 1. The number of likely N-dealkylation sites (N-methyl/N-ethyl adjacent to an activating group) is 1. The van der Waals surface area contributed by atoms with Crippen molar-refractivity contribution in [2.24, 2.45) is 0 Å². The quantitative estimate of drug-likeness (QED) is 0.469. The van der Waals surface area contributed by atoms with Crippen LogP contribution in [-0.4, -0.2) is 31.3 Å². The van der Waals surface area contributed by atoms with Gasteiger partial charge in [0.1, 0.15) is 6.54 Å². The zero-order chi connectivity index (χ0) is 24.1. The van der Waals surface area contributed by atoms with Crippen LogP contribution in [0.2, 0.25) is 0 Å². The lowest BCUT2D eigenvalue weighted by Gasteiger charge is -2.22. The van der Waals surface area contributed by atoms with Gasteiger partial charge in [-0.15, -0.1) is 0 Å². The molecule has 172 valence electrons. The van der Waals surface area contributed by atoms with E-state index in [1.54, 1.807) is 26.1 Å². The van der Waals surface area contributed by atoms with E-state index in [0.29, 0.717) is 17.0 Å². The largest absolute Gasteiger partial charge is 0.358 e. The number of fused-ring (bicyclic) bond motifs is 1. The van der Waals surface area contributed by atoms with Crippen molar-refractivity contribution in [2.75, 3.05) is 29.1 Å². The van der Waals surface area contributed by atoms with Crippen molar-refractivity contribution in [2.45, 2.75) is 13.3 Å². The van der Waals surface area contributed by atoms with Gasteiger partial charge in [0.05, 0.1) is 11.3 Å². The van der Waals surface area contributed by atoms with Crippen molar-refractivity contribution >= 4 is 46.1 Å². The van der Waals surface area contributed by atoms with Crippen LogP contribution in [-0.2, 0) is 14.4 Å². The minimum absolute atomic E-state index is 0.0494. The van der Waals surface area contributed by atoms with Crippen molar-refractivity contribution < 1.29 is 14.4 Å². The maximum atomic E-state index is 12.9. The molecule has 0 radical (unpaired) electrons. The van der Waals surface area contributed by atoms with Gasteiger partial charge in [-0.25, -0.2) is 0 Å². The number of anilines is 3. The van der Waals surface area contributed by atoms with Gasteiger partial charge in [-0.1, -0.05) is 55.5 Å². The van der Waals surface area contributed by atoms with Gasteiger partial charge in [0.15, 0.2) is 0 Å². The number of hydrogen-bond donors (Lipinski definition) is 3. The Morgan fingerprint density at radius 3 is 2.26 bits per heavy atom. The van der Waals surface area contributed by atoms with E-state index in [2.05, 4.69) is 16.0 Å². The third-order valence-corrected chi connectivity index (χ3v) is 5.62. The van der Waals surface area contributed by atoms with Crippen LogP contribution >= 0.6 is 0 Å². The first kappa shape index (κ1) is 22.8. The van der Waals surface area contributed by atoms with E-state index in [1.807, 2.05) is 66.7 Å². The van der Waals surface area contributed by atoms with E-state index in [-0.39, 0.29) is 30.7 Å². The summed E-state index contributed by atoms with van der Waals surface area (Å²) in [5.74, 6) is -0.559. The smallest absolute Gasteiger partial charge is 0.258 e. The maximum absolute atomic E-state index is 12.9. The minimum atomic E-state index is -0.244. The fourth-order valence-electron chi connectivity index (χ4n) is 3.86. The van der Waals surface area contributed by atoms with Crippen molar-refractivity contribution in [3.8, 4) is 0 Å². The highest BCUT2D eigenvalue weighted by molar-refractivity contribution is 6.37. The van der Waals surface area contributed by atoms with E-state index < -0.39 is 0 Å². The summed E-state index contributed by atoms with van der Waals surface area (Å²) in [5, 5.41) is 8.89. The second-order valence-electron chi connectivity index (χ2n) is 7.79. The predicted molar refractivity (Wildman–Crippen MR) is 135 cm³/mol. The number of amides is 3. The van der Waals surface area contributed by atoms with Gasteiger partial charge in [-0.2, -0.15) is 0 Å². The lowest BCUT2D eigenvalue weighted by atomic mass is 10.00. The molecule has 0 aromatic heterocycles. The Hall–Kier alpha value is -4.39. The molecule has 1 aliphatic rings. The van der Waals surface area contributed by atoms with Crippen LogP contribution in [0, 0.1) is 0 Å². The number of rotatable bonds is 7. The van der Waals surface area contributed by atoms with Crippen molar-refractivity contribution in [1.29, 1.82) is 0 Å². The van der Waals surface area contributed by atoms with Gasteiger partial charge in [0, 0.05) is 36.1 Å². The third-order valence-electron chi connectivity index (χ3n) is 5.62. The summed E-state index contributed by atoms with van der Waals surface area (Å²) in [6.07, 6.45) is 0.287. The maximum Gasteiger partial charge on any atom is 0.258 e.